The van der Waals surface area contributed by atoms with E-state index >= 15 is 0 Å². The number of aromatic nitrogens is 2. The third kappa shape index (κ3) is 6.19. The summed E-state index contributed by atoms with van der Waals surface area (Å²) in [6.45, 7) is 5.85. The minimum Gasteiger partial charge on any atom is -0.494 e. The zero-order valence-corrected chi connectivity index (χ0v) is 14.8. The minimum absolute atomic E-state index is 0.702. The fraction of sp³-hybridized carbons (Fsp3) is 0.500. The molecule has 1 heterocycles. The number of hydrogen-bond acceptors (Lipinski definition) is 4. The Hall–Kier alpha value is -2.10. The molecule has 0 amide bonds. The summed E-state index contributed by atoms with van der Waals surface area (Å²) < 4.78 is 11.3. The van der Waals surface area contributed by atoms with E-state index < -0.39 is 0 Å². The molecular formula is C20H28N2O2. The second-order valence-corrected chi connectivity index (χ2v) is 5.88. The second-order valence-electron chi connectivity index (χ2n) is 5.88. The molecule has 4 heteroatoms. The summed E-state index contributed by atoms with van der Waals surface area (Å²) in [5.41, 5.74) is 0.979. The second kappa shape index (κ2) is 10.6. The molecule has 0 unspecified atom stereocenters. The van der Waals surface area contributed by atoms with Crippen molar-refractivity contribution in [3.05, 3.63) is 36.7 Å². The van der Waals surface area contributed by atoms with Gasteiger partial charge in [0.25, 0.3) is 0 Å². The molecule has 0 aliphatic rings. The van der Waals surface area contributed by atoms with Crippen LogP contribution in [-0.4, -0.2) is 23.2 Å². The van der Waals surface area contributed by atoms with Gasteiger partial charge in [-0.05, 0) is 37.1 Å². The highest BCUT2D eigenvalue weighted by Gasteiger charge is 2.03. The molecule has 0 radical (unpaired) electrons. The summed E-state index contributed by atoms with van der Waals surface area (Å²) in [5, 5.41) is 0. The number of hydrogen-bond donors (Lipinski definition) is 0. The Morgan fingerprint density at radius 2 is 1.33 bits per heavy atom. The number of unbranched alkanes of at least 4 members (excludes halogenated alkanes) is 4. The first-order valence-corrected chi connectivity index (χ1v) is 9.01. The van der Waals surface area contributed by atoms with E-state index in [0.717, 1.165) is 49.5 Å². The molecule has 130 valence electrons. The maximum atomic E-state index is 5.67. The van der Waals surface area contributed by atoms with Gasteiger partial charge in [-0.15, -0.1) is 0 Å². The van der Waals surface area contributed by atoms with Crippen LogP contribution < -0.4 is 9.47 Å². The van der Waals surface area contributed by atoms with Gasteiger partial charge in [0.2, 0.25) is 0 Å². The molecule has 0 aliphatic carbocycles. The summed E-state index contributed by atoms with van der Waals surface area (Å²) in [4.78, 5) is 8.78. The molecule has 0 saturated heterocycles. The molecule has 0 saturated carbocycles. The highest BCUT2D eigenvalue weighted by Crippen LogP contribution is 2.20. The van der Waals surface area contributed by atoms with Crippen LogP contribution in [0.5, 0.6) is 11.5 Å². The lowest BCUT2D eigenvalue weighted by atomic mass is 10.2. The maximum Gasteiger partial charge on any atom is 0.159 e. The van der Waals surface area contributed by atoms with E-state index in [2.05, 4.69) is 23.8 Å². The Kier molecular flexibility index (Phi) is 8.08. The van der Waals surface area contributed by atoms with Gasteiger partial charge in [0, 0.05) is 5.56 Å². The van der Waals surface area contributed by atoms with Crippen LogP contribution in [0.25, 0.3) is 11.4 Å². The molecule has 0 fully saturated rings. The van der Waals surface area contributed by atoms with Gasteiger partial charge in [-0.1, -0.05) is 39.5 Å². The van der Waals surface area contributed by atoms with Crippen molar-refractivity contribution in [3.8, 4) is 22.9 Å². The Bertz CT molecular complexity index is 567. The third-order valence-corrected chi connectivity index (χ3v) is 3.77. The SMILES string of the molecule is CCCCCCOc1cnc(-c2ccc(OCCCC)cc2)nc1. The Morgan fingerprint density at radius 1 is 0.708 bits per heavy atom. The molecule has 0 spiro atoms. The van der Waals surface area contributed by atoms with Gasteiger partial charge >= 0.3 is 0 Å². The Balaban J connectivity index is 1.83. The van der Waals surface area contributed by atoms with Crippen LogP contribution in [0.4, 0.5) is 0 Å². The van der Waals surface area contributed by atoms with Crippen molar-refractivity contribution in [1.29, 1.82) is 0 Å². The summed E-state index contributed by atoms with van der Waals surface area (Å²) in [7, 11) is 0. The predicted molar refractivity (Wildman–Crippen MR) is 97.5 cm³/mol. The number of ether oxygens (including phenoxy) is 2. The highest BCUT2D eigenvalue weighted by molar-refractivity contribution is 5.56. The molecule has 0 aliphatic heterocycles. The van der Waals surface area contributed by atoms with Crippen molar-refractivity contribution in [2.75, 3.05) is 13.2 Å². The van der Waals surface area contributed by atoms with E-state index in [1.165, 1.54) is 19.3 Å². The molecule has 0 N–H and O–H groups in total. The molecule has 0 atom stereocenters. The van der Waals surface area contributed by atoms with Crippen LogP contribution in [0, 0.1) is 0 Å². The van der Waals surface area contributed by atoms with Gasteiger partial charge in [0.15, 0.2) is 11.6 Å². The smallest absolute Gasteiger partial charge is 0.159 e. The standard InChI is InChI=1S/C20H28N2O2/c1-3-5-7-8-14-24-19-15-21-20(22-16-19)17-9-11-18(12-10-17)23-13-6-4-2/h9-12,15-16H,3-8,13-14H2,1-2H3. The first-order valence-electron chi connectivity index (χ1n) is 9.01. The number of nitrogens with zero attached hydrogens (tertiary/aromatic N) is 2. The average molecular weight is 328 g/mol. The minimum atomic E-state index is 0.702. The van der Waals surface area contributed by atoms with Crippen molar-refractivity contribution < 1.29 is 9.47 Å². The van der Waals surface area contributed by atoms with Crippen LogP contribution in [0.1, 0.15) is 52.4 Å². The number of benzene rings is 1. The van der Waals surface area contributed by atoms with Crippen LogP contribution in [0.2, 0.25) is 0 Å². The fourth-order valence-corrected chi connectivity index (χ4v) is 2.29. The van der Waals surface area contributed by atoms with Gasteiger partial charge in [-0.2, -0.15) is 0 Å². The van der Waals surface area contributed by atoms with Crippen LogP contribution in [0.15, 0.2) is 36.7 Å². The monoisotopic (exact) mass is 328 g/mol. The van der Waals surface area contributed by atoms with E-state index in [-0.39, 0.29) is 0 Å². The normalized spacial score (nSPS) is 10.6. The summed E-state index contributed by atoms with van der Waals surface area (Å²) >= 11 is 0. The summed E-state index contributed by atoms with van der Waals surface area (Å²) in [6, 6.07) is 7.91. The molecule has 24 heavy (non-hydrogen) atoms. The average Bonchev–Trinajstić information content (AvgIpc) is 2.63. The van der Waals surface area contributed by atoms with Gasteiger partial charge in [-0.3, -0.25) is 0 Å². The van der Waals surface area contributed by atoms with Crippen molar-refractivity contribution in [1.82, 2.24) is 9.97 Å². The van der Waals surface area contributed by atoms with Crippen molar-refractivity contribution in [2.24, 2.45) is 0 Å². The number of rotatable bonds is 11. The van der Waals surface area contributed by atoms with Gasteiger partial charge in [-0.25, -0.2) is 9.97 Å². The van der Waals surface area contributed by atoms with Crippen molar-refractivity contribution in [3.63, 3.8) is 0 Å². The molecular weight excluding hydrogens is 300 g/mol. The molecule has 1 aromatic heterocycles. The third-order valence-electron chi connectivity index (χ3n) is 3.77. The predicted octanol–water partition coefficient (Wildman–Crippen LogP) is 5.28. The Labute approximate surface area is 145 Å². The van der Waals surface area contributed by atoms with E-state index in [1.54, 1.807) is 12.4 Å². The molecule has 4 nitrogen and oxygen atoms in total. The van der Waals surface area contributed by atoms with Crippen LogP contribution >= 0.6 is 0 Å². The summed E-state index contributed by atoms with van der Waals surface area (Å²) in [6.07, 6.45) is 10.5. The van der Waals surface area contributed by atoms with Crippen LogP contribution in [-0.2, 0) is 0 Å². The molecule has 0 bridgehead atoms. The van der Waals surface area contributed by atoms with E-state index in [0.29, 0.717) is 5.82 Å². The van der Waals surface area contributed by atoms with E-state index in [1.807, 2.05) is 24.3 Å². The van der Waals surface area contributed by atoms with E-state index in [9.17, 15) is 0 Å². The molecule has 2 rings (SSSR count). The Morgan fingerprint density at radius 3 is 2.00 bits per heavy atom. The molecule has 1 aromatic carbocycles. The zero-order chi connectivity index (χ0) is 17.0. The van der Waals surface area contributed by atoms with Crippen molar-refractivity contribution in [2.45, 2.75) is 52.4 Å². The summed E-state index contributed by atoms with van der Waals surface area (Å²) in [5.74, 6) is 2.32. The van der Waals surface area contributed by atoms with Gasteiger partial charge < -0.3 is 9.47 Å². The highest BCUT2D eigenvalue weighted by atomic mass is 16.5. The van der Waals surface area contributed by atoms with Gasteiger partial charge in [0.05, 0.1) is 25.6 Å². The topological polar surface area (TPSA) is 44.2 Å². The maximum absolute atomic E-state index is 5.67. The van der Waals surface area contributed by atoms with Gasteiger partial charge in [0.1, 0.15) is 5.75 Å². The zero-order valence-electron chi connectivity index (χ0n) is 14.8. The lowest BCUT2D eigenvalue weighted by Gasteiger charge is -2.07. The first-order chi connectivity index (χ1) is 11.8. The quantitative estimate of drug-likeness (QED) is 0.526. The lowest BCUT2D eigenvalue weighted by molar-refractivity contribution is 0.303. The largest absolute Gasteiger partial charge is 0.494 e. The fourth-order valence-electron chi connectivity index (χ4n) is 2.29. The van der Waals surface area contributed by atoms with Crippen LogP contribution in [0.3, 0.4) is 0 Å². The first kappa shape index (κ1) is 18.2. The molecule has 2 aromatic rings. The van der Waals surface area contributed by atoms with Crippen molar-refractivity contribution >= 4 is 0 Å². The van der Waals surface area contributed by atoms with E-state index in [4.69, 9.17) is 9.47 Å². The lowest BCUT2D eigenvalue weighted by Crippen LogP contribution is -1.99.